The van der Waals surface area contributed by atoms with Gasteiger partial charge in [-0.05, 0) is 25.8 Å². The van der Waals surface area contributed by atoms with Crippen molar-refractivity contribution in [2.24, 2.45) is 5.73 Å². The number of nitrogens with two attached hydrogens (primary N) is 1. The van der Waals surface area contributed by atoms with Crippen molar-refractivity contribution in [3.63, 3.8) is 0 Å². The average Bonchev–Trinajstić information content (AvgIpc) is 2.56. The van der Waals surface area contributed by atoms with Gasteiger partial charge >= 0.3 is 15.6 Å². The molecular formula is C12H27NO13P2. The van der Waals surface area contributed by atoms with E-state index in [-0.39, 0.29) is 6.61 Å². The van der Waals surface area contributed by atoms with E-state index < -0.39 is 59.1 Å². The number of phosphoric acid groups is 2. The lowest BCUT2D eigenvalue weighted by atomic mass is 9.95. The molecule has 1 aliphatic rings. The van der Waals surface area contributed by atoms with Crippen molar-refractivity contribution in [3.8, 4) is 0 Å². The van der Waals surface area contributed by atoms with E-state index in [0.29, 0.717) is 25.8 Å². The van der Waals surface area contributed by atoms with Crippen LogP contribution in [0.1, 0.15) is 19.3 Å². The van der Waals surface area contributed by atoms with Gasteiger partial charge in [0.25, 0.3) is 0 Å². The number of unbranched alkanes of at least 4 members (excludes halogenated alkanes) is 2. The number of hydrogen-bond donors (Lipinski definition) is 8. The van der Waals surface area contributed by atoms with Crippen LogP contribution in [-0.2, 0) is 27.7 Å². The van der Waals surface area contributed by atoms with E-state index in [1.165, 1.54) is 0 Å². The summed E-state index contributed by atoms with van der Waals surface area (Å²) in [5.41, 5.74) is 5.36. The third kappa shape index (κ3) is 9.20. The van der Waals surface area contributed by atoms with Gasteiger partial charge in [0.1, 0.15) is 30.5 Å². The van der Waals surface area contributed by atoms with Gasteiger partial charge in [-0.1, -0.05) is 0 Å². The number of ether oxygens (including phenoxy) is 2. The van der Waals surface area contributed by atoms with Crippen LogP contribution in [0.15, 0.2) is 0 Å². The minimum Gasteiger partial charge on any atom is -0.388 e. The second-order valence-electron chi connectivity index (χ2n) is 6.08. The van der Waals surface area contributed by atoms with Crippen LogP contribution in [0.25, 0.3) is 0 Å². The number of aliphatic hydroxyl groups excluding tert-OH is 3. The topological polar surface area (TPSA) is 239 Å². The molecule has 1 fully saturated rings. The molecule has 0 spiro atoms. The molecular weight excluding hydrogens is 428 g/mol. The summed E-state index contributed by atoms with van der Waals surface area (Å²) >= 11 is 0. The minimum atomic E-state index is -5.13. The minimum absolute atomic E-state index is 0.0449. The van der Waals surface area contributed by atoms with Gasteiger partial charge in [0.15, 0.2) is 6.29 Å². The van der Waals surface area contributed by atoms with Crippen LogP contribution in [0.5, 0.6) is 0 Å². The van der Waals surface area contributed by atoms with Gasteiger partial charge in [-0.15, -0.1) is 0 Å². The summed E-state index contributed by atoms with van der Waals surface area (Å²) in [5.74, 6) is 0. The van der Waals surface area contributed by atoms with Crippen LogP contribution in [-0.4, -0.2) is 91.5 Å². The summed E-state index contributed by atoms with van der Waals surface area (Å²) in [6, 6.07) is 0. The number of rotatable bonds is 12. The maximum atomic E-state index is 11.1. The van der Waals surface area contributed by atoms with Gasteiger partial charge in [0.05, 0.1) is 6.61 Å². The van der Waals surface area contributed by atoms with E-state index in [1.54, 1.807) is 0 Å². The van der Waals surface area contributed by atoms with Gasteiger partial charge in [-0.2, -0.15) is 0 Å². The van der Waals surface area contributed by atoms with Gasteiger partial charge in [-0.3, -0.25) is 9.05 Å². The Bertz CT molecular complexity index is 554. The monoisotopic (exact) mass is 455 g/mol. The summed E-state index contributed by atoms with van der Waals surface area (Å²) in [4.78, 5) is 35.3. The van der Waals surface area contributed by atoms with Crippen molar-refractivity contribution in [1.82, 2.24) is 0 Å². The Balaban J connectivity index is 2.86. The molecule has 0 radical (unpaired) electrons. The number of phosphoric ester groups is 2. The van der Waals surface area contributed by atoms with E-state index in [0.717, 1.165) is 0 Å². The van der Waals surface area contributed by atoms with Crippen LogP contribution in [0.3, 0.4) is 0 Å². The predicted octanol–water partition coefficient (Wildman–Crippen LogP) is -2.47. The highest BCUT2D eigenvalue weighted by Crippen LogP contribution is 2.42. The maximum absolute atomic E-state index is 11.1. The van der Waals surface area contributed by atoms with Crippen molar-refractivity contribution in [3.05, 3.63) is 0 Å². The molecule has 1 aliphatic heterocycles. The largest absolute Gasteiger partial charge is 0.472 e. The molecule has 0 aromatic carbocycles. The van der Waals surface area contributed by atoms with E-state index in [4.69, 9.17) is 34.8 Å². The molecule has 6 atom stereocenters. The summed E-state index contributed by atoms with van der Waals surface area (Å²) in [5, 5.41) is 30.5. The summed E-state index contributed by atoms with van der Waals surface area (Å²) < 4.78 is 40.6. The molecule has 0 aromatic heterocycles. The highest BCUT2D eigenvalue weighted by Gasteiger charge is 2.50. The molecule has 1 heterocycles. The second kappa shape index (κ2) is 11.4. The summed E-state index contributed by atoms with van der Waals surface area (Å²) in [7, 11) is -10.1. The van der Waals surface area contributed by atoms with E-state index >= 15 is 0 Å². The lowest BCUT2D eigenvalue weighted by Gasteiger charge is -2.43. The Kier molecular flexibility index (Phi) is 10.6. The first kappa shape index (κ1) is 26.0. The van der Waals surface area contributed by atoms with Crippen molar-refractivity contribution in [1.29, 1.82) is 0 Å². The van der Waals surface area contributed by atoms with Gasteiger partial charge in [-0.25, -0.2) is 9.13 Å². The third-order valence-corrected chi connectivity index (χ3v) is 4.74. The van der Waals surface area contributed by atoms with Crippen molar-refractivity contribution >= 4 is 15.6 Å². The zero-order valence-electron chi connectivity index (χ0n) is 14.8. The molecule has 0 bridgehead atoms. The van der Waals surface area contributed by atoms with Crippen molar-refractivity contribution in [2.45, 2.75) is 56.1 Å². The molecule has 168 valence electrons. The zero-order valence-corrected chi connectivity index (χ0v) is 16.5. The van der Waals surface area contributed by atoms with E-state index in [9.17, 15) is 24.4 Å². The Morgan fingerprint density at radius 3 is 2.18 bits per heavy atom. The molecule has 16 heteroatoms. The van der Waals surface area contributed by atoms with Crippen LogP contribution in [0, 0.1) is 0 Å². The molecule has 0 saturated carbocycles. The molecule has 0 amide bonds. The molecule has 28 heavy (non-hydrogen) atoms. The Labute approximate surface area is 160 Å². The fourth-order valence-corrected chi connectivity index (χ4v) is 3.30. The predicted molar refractivity (Wildman–Crippen MR) is 90.5 cm³/mol. The zero-order chi connectivity index (χ0) is 21.5. The molecule has 14 nitrogen and oxygen atoms in total. The Hall–Kier alpha value is -0.0200. The van der Waals surface area contributed by atoms with Crippen LogP contribution >= 0.6 is 15.6 Å². The van der Waals surface area contributed by atoms with Crippen LogP contribution < -0.4 is 5.73 Å². The van der Waals surface area contributed by atoms with Gasteiger partial charge in [0.2, 0.25) is 0 Å². The van der Waals surface area contributed by atoms with Crippen molar-refractivity contribution in [2.75, 3.05) is 19.8 Å². The maximum Gasteiger partial charge on any atom is 0.472 e. The molecule has 3 unspecified atom stereocenters. The first-order valence-corrected chi connectivity index (χ1v) is 11.4. The molecule has 1 rings (SSSR count). The lowest BCUT2D eigenvalue weighted by molar-refractivity contribution is -0.300. The Morgan fingerprint density at radius 2 is 1.64 bits per heavy atom. The third-order valence-electron chi connectivity index (χ3n) is 3.77. The number of aliphatic hydroxyl groups is 3. The lowest BCUT2D eigenvalue weighted by Crippen LogP contribution is -2.62. The first-order valence-electron chi connectivity index (χ1n) is 8.31. The quantitative estimate of drug-likeness (QED) is 0.112. The van der Waals surface area contributed by atoms with Gasteiger partial charge in [0, 0.05) is 6.61 Å². The van der Waals surface area contributed by atoms with Crippen LogP contribution in [0.2, 0.25) is 0 Å². The SMILES string of the molecule is NCCCCCOC1C(O)[C@H](OP(=O)(O)O)OC([C@H](O)COP(=O)(O)O)[C@H]1O. The molecule has 1 saturated heterocycles. The normalized spacial score (nSPS) is 30.4. The molecule has 9 N–H and O–H groups in total. The van der Waals surface area contributed by atoms with Crippen LogP contribution in [0.4, 0.5) is 0 Å². The smallest absolute Gasteiger partial charge is 0.388 e. The fourth-order valence-electron chi connectivity index (χ4n) is 2.51. The van der Waals surface area contributed by atoms with Gasteiger partial charge < -0.3 is 50.1 Å². The Morgan fingerprint density at radius 1 is 1.00 bits per heavy atom. The highest BCUT2D eigenvalue weighted by molar-refractivity contribution is 7.46. The van der Waals surface area contributed by atoms with E-state index in [1.807, 2.05) is 0 Å². The first-order chi connectivity index (χ1) is 12.9. The molecule has 0 aromatic rings. The second-order valence-corrected chi connectivity index (χ2v) is 8.52. The van der Waals surface area contributed by atoms with E-state index in [2.05, 4.69) is 9.05 Å². The average molecular weight is 455 g/mol. The number of hydrogen-bond acceptors (Lipinski definition) is 10. The molecule has 0 aliphatic carbocycles. The summed E-state index contributed by atoms with van der Waals surface area (Å²) in [6.45, 7) is -0.467. The highest BCUT2D eigenvalue weighted by atomic mass is 31.2. The fraction of sp³-hybridized carbons (Fsp3) is 1.00. The standard InChI is InChI=1S/C12H27NO13P2/c13-4-2-1-3-5-23-11-8(15)10(7(14)6-24-27(17,18)19)25-12(9(11)16)26-28(20,21)22/h7-12,14-16H,1-6,13H2,(H2,17,18,19)(H2,20,21,22)/t7-,8-,9?,10?,11?,12+/m1/s1. The van der Waals surface area contributed by atoms with Crippen molar-refractivity contribution < 1.29 is 62.5 Å². The summed E-state index contributed by atoms with van der Waals surface area (Å²) in [6.07, 6.45) is -8.65.